The van der Waals surface area contributed by atoms with Gasteiger partial charge < -0.3 is 5.11 Å². The van der Waals surface area contributed by atoms with Crippen molar-refractivity contribution < 1.29 is 18.3 Å². The van der Waals surface area contributed by atoms with E-state index in [0.717, 1.165) is 19.3 Å². The van der Waals surface area contributed by atoms with Gasteiger partial charge in [0.15, 0.2) is 9.84 Å². The van der Waals surface area contributed by atoms with E-state index in [1.807, 2.05) is 0 Å². The third-order valence-corrected chi connectivity index (χ3v) is 4.21. The third-order valence-electron chi connectivity index (χ3n) is 2.29. The maximum absolute atomic E-state index is 11.5. The molecule has 0 radical (unpaired) electrons. The average molecular weight is 248 g/mol. The van der Waals surface area contributed by atoms with Crippen molar-refractivity contribution in [2.24, 2.45) is 5.92 Å². The van der Waals surface area contributed by atoms with Crippen LogP contribution in [0.15, 0.2) is 12.7 Å². The molecule has 0 fully saturated rings. The van der Waals surface area contributed by atoms with Crippen molar-refractivity contribution >= 4 is 15.8 Å². The summed E-state index contributed by atoms with van der Waals surface area (Å²) >= 11 is 0. The van der Waals surface area contributed by atoms with Crippen molar-refractivity contribution in [2.45, 2.75) is 32.6 Å². The third kappa shape index (κ3) is 7.45. The van der Waals surface area contributed by atoms with Crippen LogP contribution in [0.4, 0.5) is 0 Å². The Morgan fingerprint density at radius 2 is 2.00 bits per heavy atom. The second-order valence-corrected chi connectivity index (χ2v) is 6.22. The van der Waals surface area contributed by atoms with Crippen LogP contribution in [0, 0.1) is 5.92 Å². The summed E-state index contributed by atoms with van der Waals surface area (Å²) < 4.78 is 23.0. The summed E-state index contributed by atoms with van der Waals surface area (Å²) in [6.07, 6.45) is 5.08. The van der Waals surface area contributed by atoms with Crippen LogP contribution in [0.1, 0.15) is 32.6 Å². The molecule has 0 rings (SSSR count). The van der Waals surface area contributed by atoms with Crippen molar-refractivity contribution in [2.75, 3.05) is 11.5 Å². The van der Waals surface area contributed by atoms with E-state index in [9.17, 15) is 13.2 Å². The van der Waals surface area contributed by atoms with Crippen LogP contribution in [0.2, 0.25) is 0 Å². The zero-order valence-electron chi connectivity index (χ0n) is 9.68. The maximum Gasteiger partial charge on any atom is 0.307 e. The number of unbranched alkanes of at least 4 members (excludes halogenated alkanes) is 3. The quantitative estimate of drug-likeness (QED) is 0.499. The zero-order valence-corrected chi connectivity index (χ0v) is 10.5. The van der Waals surface area contributed by atoms with E-state index in [-0.39, 0.29) is 11.5 Å². The van der Waals surface area contributed by atoms with Crippen LogP contribution in [-0.2, 0) is 14.6 Å². The molecule has 94 valence electrons. The Morgan fingerprint density at radius 1 is 1.38 bits per heavy atom. The first-order valence-corrected chi connectivity index (χ1v) is 7.25. The summed E-state index contributed by atoms with van der Waals surface area (Å²) in [5.41, 5.74) is 0. The number of allylic oxidation sites excluding steroid dienone is 1. The molecule has 0 saturated carbocycles. The lowest BCUT2D eigenvalue weighted by Gasteiger charge is -2.07. The monoisotopic (exact) mass is 248 g/mol. The first-order valence-electron chi connectivity index (χ1n) is 5.43. The molecule has 5 heteroatoms. The van der Waals surface area contributed by atoms with Gasteiger partial charge in [-0.05, 0) is 19.3 Å². The highest BCUT2D eigenvalue weighted by molar-refractivity contribution is 7.91. The predicted molar refractivity (Wildman–Crippen MR) is 64.1 cm³/mol. The Labute approximate surface area is 97.3 Å². The fourth-order valence-electron chi connectivity index (χ4n) is 1.32. The molecule has 0 aliphatic carbocycles. The molecule has 0 unspecified atom stereocenters. The number of carboxylic acid groups (broad SMARTS) is 1. The summed E-state index contributed by atoms with van der Waals surface area (Å²) in [5, 5.41) is 8.61. The average Bonchev–Trinajstić information content (AvgIpc) is 2.16. The first kappa shape index (κ1) is 15.2. The fraction of sp³-hybridized carbons (Fsp3) is 0.727. The standard InChI is InChI=1S/C11H20O4S/c1-3-4-5-6-7-8-16(14,15)9-10(2)11(12)13/h3,10H,1,4-9H2,2H3,(H,12,13)/t10-/m1/s1. The Balaban J connectivity index is 3.88. The van der Waals surface area contributed by atoms with Gasteiger partial charge in [0, 0.05) is 0 Å². The predicted octanol–water partition coefficient (Wildman–Crippen LogP) is 1.87. The summed E-state index contributed by atoms with van der Waals surface area (Å²) in [6, 6.07) is 0. The van der Waals surface area contributed by atoms with Gasteiger partial charge in [-0.3, -0.25) is 4.79 Å². The number of hydrogen-bond acceptors (Lipinski definition) is 3. The topological polar surface area (TPSA) is 71.4 Å². The molecular weight excluding hydrogens is 228 g/mol. The van der Waals surface area contributed by atoms with Gasteiger partial charge in [-0.2, -0.15) is 0 Å². The molecular formula is C11H20O4S. The molecule has 0 aliphatic heterocycles. The normalized spacial score (nSPS) is 13.3. The number of sulfone groups is 1. The van der Waals surface area contributed by atoms with Gasteiger partial charge in [0.05, 0.1) is 17.4 Å². The number of carboxylic acids is 1. The van der Waals surface area contributed by atoms with E-state index in [0.29, 0.717) is 6.42 Å². The van der Waals surface area contributed by atoms with Gasteiger partial charge in [-0.1, -0.05) is 19.4 Å². The van der Waals surface area contributed by atoms with E-state index in [1.165, 1.54) is 6.92 Å². The molecule has 1 atom stereocenters. The fourth-order valence-corrected chi connectivity index (χ4v) is 3.04. The highest BCUT2D eigenvalue weighted by Crippen LogP contribution is 2.07. The van der Waals surface area contributed by atoms with E-state index in [1.54, 1.807) is 6.08 Å². The summed E-state index contributed by atoms with van der Waals surface area (Å²) in [7, 11) is -3.22. The molecule has 0 heterocycles. The molecule has 0 aliphatic rings. The maximum atomic E-state index is 11.5. The number of hydrogen-bond donors (Lipinski definition) is 1. The Bertz CT molecular complexity index is 319. The van der Waals surface area contributed by atoms with Crippen LogP contribution in [0.25, 0.3) is 0 Å². The number of carbonyl (C=O) groups is 1. The van der Waals surface area contributed by atoms with Crippen molar-refractivity contribution in [3.63, 3.8) is 0 Å². The highest BCUT2D eigenvalue weighted by atomic mass is 32.2. The molecule has 0 aromatic carbocycles. The van der Waals surface area contributed by atoms with Crippen LogP contribution in [0.3, 0.4) is 0 Å². The van der Waals surface area contributed by atoms with Gasteiger partial charge in [0.25, 0.3) is 0 Å². The highest BCUT2D eigenvalue weighted by Gasteiger charge is 2.20. The minimum atomic E-state index is -3.22. The van der Waals surface area contributed by atoms with E-state index < -0.39 is 21.7 Å². The molecule has 0 spiro atoms. The summed E-state index contributed by atoms with van der Waals surface area (Å²) in [6.45, 7) is 5.00. The smallest absolute Gasteiger partial charge is 0.307 e. The van der Waals surface area contributed by atoms with Gasteiger partial charge in [-0.15, -0.1) is 6.58 Å². The van der Waals surface area contributed by atoms with E-state index in [4.69, 9.17) is 5.11 Å². The van der Waals surface area contributed by atoms with Crippen molar-refractivity contribution in [1.82, 2.24) is 0 Å². The number of rotatable bonds is 9. The molecule has 0 bridgehead atoms. The number of aliphatic carboxylic acids is 1. The molecule has 0 amide bonds. The first-order chi connectivity index (χ1) is 7.39. The molecule has 0 aromatic rings. The van der Waals surface area contributed by atoms with Gasteiger partial charge >= 0.3 is 5.97 Å². The van der Waals surface area contributed by atoms with E-state index >= 15 is 0 Å². The molecule has 4 nitrogen and oxygen atoms in total. The van der Waals surface area contributed by atoms with Crippen molar-refractivity contribution in [1.29, 1.82) is 0 Å². The van der Waals surface area contributed by atoms with Crippen LogP contribution in [0.5, 0.6) is 0 Å². The zero-order chi connectivity index (χ0) is 12.6. The largest absolute Gasteiger partial charge is 0.481 e. The second kappa shape index (κ2) is 7.44. The molecule has 1 N–H and O–H groups in total. The SMILES string of the molecule is C=CCCCCCS(=O)(=O)C[C@@H](C)C(=O)O. The van der Waals surface area contributed by atoms with Gasteiger partial charge in [0.1, 0.15) is 0 Å². The Hall–Kier alpha value is -0.840. The lowest BCUT2D eigenvalue weighted by atomic mass is 10.2. The second-order valence-electron chi connectivity index (χ2n) is 3.99. The van der Waals surface area contributed by atoms with Crippen LogP contribution >= 0.6 is 0 Å². The lowest BCUT2D eigenvalue weighted by Crippen LogP contribution is -2.22. The van der Waals surface area contributed by atoms with Crippen molar-refractivity contribution in [3.8, 4) is 0 Å². The molecule has 16 heavy (non-hydrogen) atoms. The van der Waals surface area contributed by atoms with E-state index in [2.05, 4.69) is 6.58 Å². The summed E-state index contributed by atoms with van der Waals surface area (Å²) in [5.74, 6) is -2.06. The molecule has 0 aromatic heterocycles. The van der Waals surface area contributed by atoms with Crippen LogP contribution in [-0.4, -0.2) is 31.0 Å². The lowest BCUT2D eigenvalue weighted by molar-refractivity contribution is -0.140. The minimum absolute atomic E-state index is 0.0851. The van der Waals surface area contributed by atoms with Crippen LogP contribution < -0.4 is 0 Å². The van der Waals surface area contributed by atoms with Gasteiger partial charge in [0.2, 0.25) is 0 Å². The summed E-state index contributed by atoms with van der Waals surface area (Å²) in [4.78, 5) is 10.5. The Kier molecular flexibility index (Phi) is 7.05. The van der Waals surface area contributed by atoms with Crippen molar-refractivity contribution in [3.05, 3.63) is 12.7 Å². The molecule has 0 saturated heterocycles. The van der Waals surface area contributed by atoms with Gasteiger partial charge in [-0.25, -0.2) is 8.42 Å². The minimum Gasteiger partial charge on any atom is -0.481 e. The Morgan fingerprint density at radius 3 is 2.50 bits per heavy atom.